The van der Waals surface area contributed by atoms with Crippen molar-refractivity contribution in [1.82, 2.24) is 4.72 Å². The summed E-state index contributed by atoms with van der Waals surface area (Å²) in [6.07, 6.45) is 0.356. The smallest absolute Gasteiger partial charge is 0.318 e. The highest BCUT2D eigenvalue weighted by molar-refractivity contribution is 7.91. The minimum absolute atomic E-state index is 0.0303. The van der Waals surface area contributed by atoms with Gasteiger partial charge >= 0.3 is 8.25 Å². The molecule has 0 fully saturated rings. The molecule has 1 unspecified atom stereocenters. The second kappa shape index (κ2) is 11.3. The lowest BCUT2D eigenvalue weighted by Gasteiger charge is -2.30. The van der Waals surface area contributed by atoms with Gasteiger partial charge in [-0.05, 0) is 30.4 Å². The summed E-state index contributed by atoms with van der Waals surface area (Å²) in [6, 6.07) is 4.86. The first-order valence-corrected chi connectivity index (χ1v) is 13.7. The van der Waals surface area contributed by atoms with Gasteiger partial charge in [-0.1, -0.05) is 13.8 Å². The number of nitrogens with one attached hydrogen (secondary N) is 1. The van der Waals surface area contributed by atoms with Crippen LogP contribution < -0.4 is 14.2 Å². The van der Waals surface area contributed by atoms with Gasteiger partial charge < -0.3 is 14.4 Å². The van der Waals surface area contributed by atoms with Gasteiger partial charge in [-0.2, -0.15) is 4.72 Å². The Kier molecular flexibility index (Phi) is 9.70. The van der Waals surface area contributed by atoms with Crippen molar-refractivity contribution in [2.24, 2.45) is 0 Å². The van der Waals surface area contributed by atoms with Crippen molar-refractivity contribution < 1.29 is 31.9 Å². The van der Waals surface area contributed by atoms with E-state index >= 15 is 0 Å². The van der Waals surface area contributed by atoms with Crippen LogP contribution in [0.5, 0.6) is 11.5 Å². The Morgan fingerprint density at radius 1 is 1.10 bits per heavy atom. The van der Waals surface area contributed by atoms with Crippen molar-refractivity contribution in [1.29, 1.82) is 0 Å². The van der Waals surface area contributed by atoms with Crippen molar-refractivity contribution >= 4 is 62.9 Å². The molecule has 0 spiro atoms. The van der Waals surface area contributed by atoms with E-state index in [1.165, 1.54) is 6.07 Å². The number of hydrogen-bond acceptors (Lipinski definition) is 7. The van der Waals surface area contributed by atoms with Crippen LogP contribution in [0.15, 0.2) is 22.4 Å². The van der Waals surface area contributed by atoms with Gasteiger partial charge in [-0.15, -0.1) is 34.5 Å². The maximum Gasteiger partial charge on any atom is 0.318 e. The summed E-state index contributed by atoms with van der Waals surface area (Å²) < 4.78 is 56.6. The molecule has 2 N–H and O–H groups in total. The van der Waals surface area contributed by atoms with E-state index in [4.69, 9.17) is 37.2 Å². The molecule has 30 heavy (non-hydrogen) atoms. The number of halogens is 2. The molecule has 170 valence electrons. The van der Waals surface area contributed by atoms with Crippen LogP contribution in [-0.2, 0) is 19.1 Å². The third kappa shape index (κ3) is 6.46. The van der Waals surface area contributed by atoms with Crippen LogP contribution in [-0.4, -0.2) is 44.0 Å². The highest BCUT2D eigenvalue weighted by Gasteiger charge is 2.35. The number of alkyl halides is 2. The van der Waals surface area contributed by atoms with E-state index < -0.39 is 24.0 Å². The topological polar surface area (TPSA) is 111 Å². The summed E-state index contributed by atoms with van der Waals surface area (Å²) in [5.41, 5.74) is -1.47. The Morgan fingerprint density at radius 3 is 2.17 bits per heavy atom. The van der Waals surface area contributed by atoms with Crippen molar-refractivity contribution in [3.63, 3.8) is 0 Å². The Bertz CT molecular complexity index is 935. The summed E-state index contributed by atoms with van der Waals surface area (Å²) in [5, 5.41) is 0.637. The number of hydrogen-bond donors (Lipinski definition) is 2. The Labute approximate surface area is 190 Å². The molecule has 2 aromatic rings. The normalized spacial score (nSPS) is 13.5. The molecule has 0 saturated carbocycles. The van der Waals surface area contributed by atoms with E-state index in [-0.39, 0.29) is 42.0 Å². The van der Waals surface area contributed by atoms with Gasteiger partial charge in [-0.25, -0.2) is 8.42 Å². The predicted octanol–water partition coefficient (Wildman–Crippen LogP) is 4.33. The molecule has 1 heterocycles. The number of thiophene rings is 1. The lowest BCUT2D eigenvalue weighted by atomic mass is 10.1. The standard InChI is InChI=1S/C17H24Cl2NO7PS2/c1-3-17(4-2,27-28(21)22)20-30(23,24)16-10-12-9-13(25-7-5-18)14(26-8-6-19)11-15(12)29-16/h9-11,20,28H,3-8H2,1-2H3,(H,21,22). The van der Waals surface area contributed by atoms with E-state index in [0.29, 0.717) is 21.6 Å². The minimum atomic E-state index is -4.02. The Hall–Kier alpha value is -0.580. The number of sulfonamides is 1. The molecule has 13 heteroatoms. The first-order chi connectivity index (χ1) is 14.2. The second-order valence-electron chi connectivity index (χ2n) is 6.15. The summed E-state index contributed by atoms with van der Waals surface area (Å²) in [4.78, 5) is 9.18. The van der Waals surface area contributed by atoms with Crippen molar-refractivity contribution in [2.75, 3.05) is 25.0 Å². The zero-order chi connectivity index (χ0) is 22.4. The Morgan fingerprint density at radius 2 is 1.67 bits per heavy atom. The highest BCUT2D eigenvalue weighted by atomic mass is 35.5. The number of benzene rings is 1. The summed E-state index contributed by atoms with van der Waals surface area (Å²) in [7, 11) is -7.37. The molecule has 1 aromatic heterocycles. The fraction of sp³-hybridized carbons (Fsp3) is 0.529. The quantitative estimate of drug-likeness (QED) is 0.230. The predicted molar refractivity (Wildman–Crippen MR) is 120 cm³/mol. The van der Waals surface area contributed by atoms with Crippen LogP contribution in [0, 0.1) is 0 Å². The highest BCUT2D eigenvalue weighted by Crippen LogP contribution is 2.39. The van der Waals surface area contributed by atoms with Gasteiger partial charge in [0.25, 0.3) is 10.0 Å². The van der Waals surface area contributed by atoms with Gasteiger partial charge in [-0.3, -0.25) is 9.09 Å². The fourth-order valence-electron chi connectivity index (χ4n) is 2.70. The van der Waals surface area contributed by atoms with Crippen molar-refractivity contribution in [3.8, 4) is 11.5 Å². The van der Waals surface area contributed by atoms with E-state index in [9.17, 15) is 17.9 Å². The van der Waals surface area contributed by atoms with Crippen molar-refractivity contribution in [3.05, 3.63) is 18.2 Å². The maximum atomic E-state index is 13.0. The van der Waals surface area contributed by atoms with E-state index in [2.05, 4.69) is 4.72 Å². The largest absolute Gasteiger partial charge is 0.488 e. The maximum absolute atomic E-state index is 13.0. The van der Waals surface area contributed by atoms with Crippen molar-refractivity contribution in [2.45, 2.75) is 36.6 Å². The van der Waals surface area contributed by atoms with Crippen LogP contribution in [0.1, 0.15) is 26.7 Å². The average Bonchev–Trinajstić information content (AvgIpc) is 3.13. The van der Waals surface area contributed by atoms with Crippen LogP contribution in [0.2, 0.25) is 0 Å². The molecule has 0 aliphatic heterocycles. The average molecular weight is 520 g/mol. The third-order valence-electron chi connectivity index (χ3n) is 4.24. The molecule has 1 aromatic carbocycles. The van der Waals surface area contributed by atoms with Crippen LogP contribution in [0.25, 0.3) is 10.1 Å². The molecule has 2 rings (SSSR count). The molecule has 0 aliphatic carbocycles. The minimum Gasteiger partial charge on any atom is -0.488 e. The fourth-order valence-corrected chi connectivity index (χ4v) is 6.44. The molecule has 0 amide bonds. The SMILES string of the molecule is CCC(CC)(NS(=O)(=O)c1cc2cc(OCCCl)c(OCCCl)cc2s1)O[PH](=O)O. The third-order valence-corrected chi connectivity index (χ3v) is 8.20. The molecule has 0 radical (unpaired) electrons. The van der Waals surface area contributed by atoms with E-state index in [1.807, 2.05) is 0 Å². The zero-order valence-electron chi connectivity index (χ0n) is 16.4. The Balaban J connectivity index is 2.44. The zero-order valence-corrected chi connectivity index (χ0v) is 20.6. The van der Waals surface area contributed by atoms with Gasteiger partial charge in [0.1, 0.15) is 23.1 Å². The van der Waals surface area contributed by atoms with Gasteiger partial charge in [0.2, 0.25) is 0 Å². The molecule has 0 saturated heterocycles. The van der Waals surface area contributed by atoms with Gasteiger partial charge in [0, 0.05) is 10.8 Å². The summed E-state index contributed by atoms with van der Waals surface area (Å²) >= 11 is 12.4. The first kappa shape index (κ1) is 25.7. The molecular formula is C17H24Cl2NO7PS2. The number of fused-ring (bicyclic) bond motifs is 1. The monoisotopic (exact) mass is 519 g/mol. The molecule has 0 bridgehead atoms. The summed E-state index contributed by atoms with van der Waals surface area (Å²) in [6.45, 7) is 3.86. The lowest BCUT2D eigenvalue weighted by Crippen LogP contribution is -2.48. The van der Waals surface area contributed by atoms with Gasteiger partial charge in [0.15, 0.2) is 11.5 Å². The molecule has 8 nitrogen and oxygen atoms in total. The molecule has 0 aliphatic rings. The number of ether oxygens (including phenoxy) is 2. The summed E-state index contributed by atoms with van der Waals surface area (Å²) in [5.74, 6) is 1.43. The lowest BCUT2D eigenvalue weighted by molar-refractivity contribution is 0.0455. The molecule has 1 atom stereocenters. The van der Waals surface area contributed by atoms with Crippen LogP contribution in [0.3, 0.4) is 0 Å². The van der Waals surface area contributed by atoms with Crippen LogP contribution in [0.4, 0.5) is 0 Å². The van der Waals surface area contributed by atoms with E-state index in [0.717, 1.165) is 11.3 Å². The van der Waals surface area contributed by atoms with Gasteiger partial charge in [0.05, 0.1) is 11.8 Å². The number of rotatable bonds is 13. The molecular weight excluding hydrogens is 496 g/mol. The second-order valence-corrected chi connectivity index (χ2v) is 10.6. The van der Waals surface area contributed by atoms with E-state index in [1.54, 1.807) is 26.0 Å². The van der Waals surface area contributed by atoms with Crippen LogP contribution >= 0.6 is 42.8 Å². The first-order valence-electron chi connectivity index (χ1n) is 9.11.